The number of H-pyrrole nitrogens is 1. The summed E-state index contributed by atoms with van der Waals surface area (Å²) in [5.74, 6) is 0.728. The number of aromatic amines is 1. The Morgan fingerprint density at radius 1 is 1.14 bits per heavy atom. The lowest BCUT2D eigenvalue weighted by Gasteiger charge is -2.20. The van der Waals surface area contributed by atoms with Gasteiger partial charge in [0.2, 0.25) is 0 Å². The van der Waals surface area contributed by atoms with Crippen molar-refractivity contribution in [3.63, 3.8) is 0 Å². The fourth-order valence-electron chi connectivity index (χ4n) is 2.63. The Morgan fingerprint density at radius 2 is 1.91 bits per heavy atom. The maximum absolute atomic E-state index is 11.8. The lowest BCUT2D eigenvalue weighted by atomic mass is 10.0. The molecule has 1 N–H and O–H groups in total. The van der Waals surface area contributed by atoms with Gasteiger partial charge < -0.3 is 4.98 Å². The summed E-state index contributed by atoms with van der Waals surface area (Å²) < 4.78 is 0. The molecule has 1 heterocycles. The Labute approximate surface area is 139 Å². The molecule has 0 unspecified atom stereocenters. The van der Waals surface area contributed by atoms with Crippen LogP contribution in [-0.2, 0) is 5.75 Å². The number of hydrogen-bond donors (Lipinski definition) is 1. The van der Waals surface area contributed by atoms with Gasteiger partial charge in [-0.15, -0.1) is 11.8 Å². The topological polar surface area (TPSA) is 45.8 Å². The van der Waals surface area contributed by atoms with Gasteiger partial charge in [-0.3, -0.25) is 4.79 Å². The van der Waals surface area contributed by atoms with Gasteiger partial charge in [0, 0.05) is 22.0 Å². The predicted octanol–water partition coefficient (Wildman–Crippen LogP) is 4.49. The molecule has 22 heavy (non-hydrogen) atoms. The van der Waals surface area contributed by atoms with Gasteiger partial charge in [0.15, 0.2) is 5.16 Å². The first-order valence-corrected chi connectivity index (χ1v) is 9.61. The molecule has 3 nitrogen and oxygen atoms in total. The monoisotopic (exact) mass is 332 g/mol. The molecule has 1 aromatic carbocycles. The van der Waals surface area contributed by atoms with Crippen LogP contribution >= 0.6 is 23.5 Å². The molecule has 2 aromatic rings. The first-order valence-electron chi connectivity index (χ1n) is 7.74. The van der Waals surface area contributed by atoms with E-state index in [0.29, 0.717) is 5.25 Å². The van der Waals surface area contributed by atoms with Crippen LogP contribution in [-0.4, -0.2) is 15.2 Å². The van der Waals surface area contributed by atoms with Gasteiger partial charge in [-0.05, 0) is 25.0 Å². The van der Waals surface area contributed by atoms with E-state index >= 15 is 0 Å². The van der Waals surface area contributed by atoms with Crippen molar-refractivity contribution in [2.75, 3.05) is 0 Å². The van der Waals surface area contributed by atoms with Crippen molar-refractivity contribution < 1.29 is 0 Å². The Morgan fingerprint density at radius 3 is 2.68 bits per heavy atom. The molecule has 0 atom stereocenters. The molecule has 1 aromatic heterocycles. The van der Waals surface area contributed by atoms with Gasteiger partial charge in [-0.2, -0.15) is 0 Å². The van der Waals surface area contributed by atoms with Gasteiger partial charge in [0.1, 0.15) is 0 Å². The summed E-state index contributed by atoms with van der Waals surface area (Å²) in [5.41, 5.74) is 0.813. The van der Waals surface area contributed by atoms with Crippen LogP contribution in [0.15, 0.2) is 51.2 Å². The third kappa shape index (κ3) is 4.65. The van der Waals surface area contributed by atoms with Crippen LogP contribution in [0.25, 0.3) is 0 Å². The molecular formula is C17H20N2OS2. The highest BCUT2D eigenvalue weighted by atomic mass is 32.2. The zero-order valence-electron chi connectivity index (χ0n) is 12.5. The number of nitrogens with zero attached hydrogens (tertiary/aromatic N) is 1. The van der Waals surface area contributed by atoms with Crippen LogP contribution in [0.1, 0.15) is 37.8 Å². The van der Waals surface area contributed by atoms with E-state index in [1.54, 1.807) is 29.6 Å². The van der Waals surface area contributed by atoms with Gasteiger partial charge in [0.25, 0.3) is 5.56 Å². The molecular weight excluding hydrogens is 312 g/mol. The number of benzene rings is 1. The first-order chi connectivity index (χ1) is 10.8. The van der Waals surface area contributed by atoms with E-state index in [1.165, 1.54) is 37.0 Å². The fraction of sp³-hybridized carbons (Fsp3) is 0.412. The summed E-state index contributed by atoms with van der Waals surface area (Å²) >= 11 is 3.45. The molecule has 0 bridgehead atoms. The third-order valence-electron chi connectivity index (χ3n) is 3.73. The van der Waals surface area contributed by atoms with E-state index in [2.05, 4.69) is 22.1 Å². The van der Waals surface area contributed by atoms with Crippen LogP contribution in [0.3, 0.4) is 0 Å². The van der Waals surface area contributed by atoms with E-state index in [4.69, 9.17) is 0 Å². The minimum absolute atomic E-state index is 0.0445. The van der Waals surface area contributed by atoms with Crippen LogP contribution < -0.4 is 5.56 Å². The number of rotatable bonds is 5. The average molecular weight is 332 g/mol. The second kappa shape index (κ2) is 7.88. The Kier molecular flexibility index (Phi) is 5.62. The molecule has 3 rings (SSSR count). The van der Waals surface area contributed by atoms with Crippen molar-refractivity contribution in [1.82, 2.24) is 9.97 Å². The van der Waals surface area contributed by atoms with Gasteiger partial charge >= 0.3 is 0 Å². The standard InChI is InChI=1S/C17H20N2OS2/c20-16-11-13(12-21-14-7-3-1-4-8-14)18-17(19-16)22-15-9-5-2-6-10-15/h1,3-4,7-8,11,15H,2,5-6,9-10,12H2,(H,18,19,20). The SMILES string of the molecule is O=c1cc(CSc2ccccc2)nc(SC2CCCCC2)[nH]1. The molecule has 5 heteroatoms. The molecule has 116 valence electrons. The van der Waals surface area contributed by atoms with Gasteiger partial charge in [0.05, 0.1) is 5.69 Å². The highest BCUT2D eigenvalue weighted by Crippen LogP contribution is 2.31. The smallest absolute Gasteiger partial charge is 0.251 e. The molecule has 0 amide bonds. The molecule has 1 fully saturated rings. The summed E-state index contributed by atoms with van der Waals surface area (Å²) in [6.45, 7) is 0. The van der Waals surface area contributed by atoms with Crippen molar-refractivity contribution in [2.45, 2.75) is 53.2 Å². The minimum Gasteiger partial charge on any atom is -0.301 e. The zero-order chi connectivity index (χ0) is 15.2. The van der Waals surface area contributed by atoms with E-state index in [0.717, 1.165) is 16.6 Å². The quantitative estimate of drug-likeness (QED) is 0.647. The second-order valence-electron chi connectivity index (χ2n) is 5.52. The summed E-state index contributed by atoms with van der Waals surface area (Å²) in [5, 5.41) is 1.39. The average Bonchev–Trinajstić information content (AvgIpc) is 2.54. The first kappa shape index (κ1) is 15.7. The number of aromatic nitrogens is 2. The largest absolute Gasteiger partial charge is 0.301 e. The van der Waals surface area contributed by atoms with Gasteiger partial charge in [-0.1, -0.05) is 49.2 Å². The third-order valence-corrected chi connectivity index (χ3v) is 6.00. The van der Waals surface area contributed by atoms with E-state index in [1.807, 2.05) is 18.2 Å². The predicted molar refractivity (Wildman–Crippen MR) is 93.6 cm³/mol. The number of nitrogens with one attached hydrogen (secondary N) is 1. The van der Waals surface area contributed by atoms with Crippen molar-refractivity contribution in [2.24, 2.45) is 0 Å². The normalized spacial score (nSPS) is 15.8. The van der Waals surface area contributed by atoms with Crippen LogP contribution in [0, 0.1) is 0 Å². The second-order valence-corrected chi connectivity index (χ2v) is 7.86. The van der Waals surface area contributed by atoms with Gasteiger partial charge in [-0.25, -0.2) is 4.98 Å². The lowest BCUT2D eigenvalue weighted by molar-refractivity contribution is 0.515. The molecule has 0 aliphatic heterocycles. The highest BCUT2D eigenvalue weighted by molar-refractivity contribution is 7.99. The van der Waals surface area contributed by atoms with E-state index in [9.17, 15) is 4.79 Å². The summed E-state index contributed by atoms with van der Waals surface area (Å²) in [6.07, 6.45) is 6.40. The molecule has 1 aliphatic carbocycles. The zero-order valence-corrected chi connectivity index (χ0v) is 14.1. The van der Waals surface area contributed by atoms with Crippen LogP contribution in [0.2, 0.25) is 0 Å². The minimum atomic E-state index is -0.0445. The Hall–Kier alpha value is -1.20. The van der Waals surface area contributed by atoms with Crippen molar-refractivity contribution in [1.29, 1.82) is 0 Å². The maximum atomic E-state index is 11.8. The van der Waals surface area contributed by atoms with Crippen molar-refractivity contribution in [3.05, 3.63) is 52.4 Å². The van der Waals surface area contributed by atoms with Crippen molar-refractivity contribution >= 4 is 23.5 Å². The van der Waals surface area contributed by atoms with Crippen LogP contribution in [0.5, 0.6) is 0 Å². The Balaban J connectivity index is 1.65. The highest BCUT2D eigenvalue weighted by Gasteiger charge is 2.16. The maximum Gasteiger partial charge on any atom is 0.251 e. The molecule has 0 spiro atoms. The molecule has 0 saturated heterocycles. The summed E-state index contributed by atoms with van der Waals surface area (Å²) in [6, 6.07) is 11.8. The van der Waals surface area contributed by atoms with Crippen molar-refractivity contribution in [3.8, 4) is 0 Å². The molecule has 0 radical (unpaired) electrons. The summed E-state index contributed by atoms with van der Waals surface area (Å²) in [7, 11) is 0. The Bertz CT molecular complexity index is 651. The van der Waals surface area contributed by atoms with Crippen LogP contribution in [0.4, 0.5) is 0 Å². The van der Waals surface area contributed by atoms with E-state index in [-0.39, 0.29) is 5.56 Å². The number of thioether (sulfide) groups is 2. The lowest BCUT2D eigenvalue weighted by Crippen LogP contribution is -2.13. The molecule has 1 aliphatic rings. The van der Waals surface area contributed by atoms with E-state index < -0.39 is 0 Å². The number of hydrogen-bond acceptors (Lipinski definition) is 4. The summed E-state index contributed by atoms with van der Waals surface area (Å²) in [4.78, 5) is 20.6. The molecule has 1 saturated carbocycles. The fourth-order valence-corrected chi connectivity index (χ4v) is 4.65.